The summed E-state index contributed by atoms with van der Waals surface area (Å²) < 4.78 is 10.3. The number of hydrogen-bond acceptors (Lipinski definition) is 3. The summed E-state index contributed by atoms with van der Waals surface area (Å²) >= 11 is 17.6. The molecule has 0 saturated heterocycles. The lowest BCUT2D eigenvalue weighted by Crippen LogP contribution is -2.18. The van der Waals surface area contributed by atoms with Crippen LogP contribution in [-0.2, 0) is 4.79 Å². The molecule has 0 N–H and O–H groups in total. The number of carbonyl (C=O) groups is 1. The Bertz CT molecular complexity index is 629. The van der Waals surface area contributed by atoms with Gasteiger partial charge in [-0.05, 0) is 24.3 Å². The van der Waals surface area contributed by atoms with Crippen molar-refractivity contribution in [2.75, 3.05) is 6.61 Å². The summed E-state index contributed by atoms with van der Waals surface area (Å²) in [7, 11) is 0. The van der Waals surface area contributed by atoms with Gasteiger partial charge in [-0.25, -0.2) is 4.79 Å². The molecular weight excluding hydrogens is 323 g/mol. The zero-order valence-corrected chi connectivity index (χ0v) is 12.4. The number of ether oxygens (including phenoxy) is 2. The molecule has 3 nitrogen and oxygen atoms in total. The Morgan fingerprint density at radius 1 is 0.950 bits per heavy atom. The number of esters is 1. The Morgan fingerprint density at radius 2 is 1.65 bits per heavy atom. The number of halogens is 3. The van der Waals surface area contributed by atoms with Crippen molar-refractivity contribution in [2.24, 2.45) is 0 Å². The summed E-state index contributed by atoms with van der Waals surface area (Å²) in [6.45, 7) is -0.285. The highest BCUT2D eigenvalue weighted by atomic mass is 35.5. The van der Waals surface area contributed by atoms with Crippen molar-refractivity contribution in [3.8, 4) is 11.5 Å². The van der Waals surface area contributed by atoms with E-state index in [-0.39, 0.29) is 12.4 Å². The van der Waals surface area contributed by atoms with E-state index >= 15 is 0 Å². The number of carbonyl (C=O) groups excluding carboxylic acids is 1. The van der Waals surface area contributed by atoms with Crippen LogP contribution in [0.1, 0.15) is 0 Å². The molecule has 0 atom stereocenters. The van der Waals surface area contributed by atoms with Gasteiger partial charge in [0.05, 0.1) is 10.0 Å². The van der Waals surface area contributed by atoms with Crippen LogP contribution in [-0.4, -0.2) is 12.6 Å². The molecule has 0 aliphatic heterocycles. The third-order valence-electron chi connectivity index (χ3n) is 2.30. The summed E-state index contributed by atoms with van der Waals surface area (Å²) in [5.41, 5.74) is 0. The second-order valence-corrected chi connectivity index (χ2v) is 5.02. The van der Waals surface area contributed by atoms with Gasteiger partial charge in [-0.3, -0.25) is 0 Å². The molecule has 0 aliphatic carbocycles. The van der Waals surface area contributed by atoms with Gasteiger partial charge in [-0.1, -0.05) is 46.9 Å². The molecule has 6 heteroatoms. The van der Waals surface area contributed by atoms with Crippen LogP contribution in [0.3, 0.4) is 0 Å². The van der Waals surface area contributed by atoms with Crippen molar-refractivity contribution in [1.82, 2.24) is 0 Å². The lowest BCUT2D eigenvalue weighted by atomic mass is 10.3. The van der Waals surface area contributed by atoms with Crippen LogP contribution in [0.2, 0.25) is 15.1 Å². The van der Waals surface area contributed by atoms with Crippen molar-refractivity contribution in [3.05, 3.63) is 57.5 Å². The van der Waals surface area contributed by atoms with Crippen molar-refractivity contribution >= 4 is 40.8 Å². The SMILES string of the molecule is O=C(COc1ccccc1Cl)Oc1cc(Cl)ccc1Cl. The monoisotopic (exact) mass is 330 g/mol. The molecular formula is C14H9Cl3O3. The summed E-state index contributed by atoms with van der Waals surface area (Å²) in [5, 5.41) is 1.13. The summed E-state index contributed by atoms with van der Waals surface area (Å²) in [5.74, 6) is -0.00989. The Morgan fingerprint density at radius 3 is 2.40 bits per heavy atom. The molecule has 0 heterocycles. The maximum absolute atomic E-state index is 11.7. The molecule has 0 bridgehead atoms. The fraction of sp³-hybridized carbons (Fsp3) is 0.0714. The average Bonchev–Trinajstić information content (AvgIpc) is 2.42. The lowest BCUT2D eigenvalue weighted by molar-refractivity contribution is -0.136. The van der Waals surface area contributed by atoms with E-state index < -0.39 is 5.97 Å². The van der Waals surface area contributed by atoms with E-state index in [9.17, 15) is 4.79 Å². The molecule has 104 valence electrons. The van der Waals surface area contributed by atoms with Gasteiger partial charge >= 0.3 is 5.97 Å². The van der Waals surface area contributed by atoms with Gasteiger partial charge in [-0.2, -0.15) is 0 Å². The van der Waals surface area contributed by atoms with Gasteiger partial charge in [0.2, 0.25) is 0 Å². The minimum atomic E-state index is -0.603. The van der Waals surface area contributed by atoms with Gasteiger partial charge in [-0.15, -0.1) is 0 Å². The zero-order valence-electron chi connectivity index (χ0n) is 10.1. The van der Waals surface area contributed by atoms with E-state index in [0.717, 1.165) is 0 Å². The number of benzene rings is 2. The molecule has 0 aliphatic rings. The van der Waals surface area contributed by atoms with Gasteiger partial charge in [0.1, 0.15) is 5.75 Å². The van der Waals surface area contributed by atoms with E-state index in [0.29, 0.717) is 20.8 Å². The van der Waals surface area contributed by atoms with E-state index in [4.69, 9.17) is 44.3 Å². The van der Waals surface area contributed by atoms with Crippen molar-refractivity contribution in [3.63, 3.8) is 0 Å². The molecule has 0 radical (unpaired) electrons. The Balaban J connectivity index is 1.96. The highest BCUT2D eigenvalue weighted by Gasteiger charge is 2.11. The molecule has 0 saturated carbocycles. The first-order valence-corrected chi connectivity index (χ1v) is 6.72. The average molecular weight is 332 g/mol. The van der Waals surface area contributed by atoms with Crippen LogP contribution in [0.25, 0.3) is 0 Å². The van der Waals surface area contributed by atoms with E-state index in [1.54, 1.807) is 36.4 Å². The van der Waals surface area contributed by atoms with Crippen LogP contribution in [0, 0.1) is 0 Å². The molecule has 2 aromatic carbocycles. The maximum Gasteiger partial charge on any atom is 0.349 e. The predicted octanol–water partition coefficient (Wildman–Crippen LogP) is 4.63. The first kappa shape index (κ1) is 15.0. The Labute approximate surface area is 131 Å². The third-order valence-corrected chi connectivity index (χ3v) is 3.16. The van der Waals surface area contributed by atoms with Crippen LogP contribution in [0.4, 0.5) is 0 Å². The quantitative estimate of drug-likeness (QED) is 0.605. The molecule has 2 rings (SSSR count). The normalized spacial score (nSPS) is 10.2. The molecule has 0 fully saturated rings. The lowest BCUT2D eigenvalue weighted by Gasteiger charge is -2.09. The molecule has 0 unspecified atom stereocenters. The number of hydrogen-bond donors (Lipinski definition) is 0. The van der Waals surface area contributed by atoms with Gasteiger partial charge in [0.25, 0.3) is 0 Å². The van der Waals surface area contributed by atoms with Gasteiger partial charge in [0.15, 0.2) is 12.4 Å². The smallest absolute Gasteiger partial charge is 0.349 e. The largest absolute Gasteiger partial charge is 0.480 e. The predicted molar refractivity (Wildman–Crippen MR) is 79.0 cm³/mol. The highest BCUT2D eigenvalue weighted by molar-refractivity contribution is 6.34. The molecule has 2 aromatic rings. The summed E-state index contributed by atoms with van der Waals surface area (Å²) in [6.07, 6.45) is 0. The van der Waals surface area contributed by atoms with Gasteiger partial charge in [0, 0.05) is 11.1 Å². The second kappa shape index (κ2) is 6.84. The molecule has 20 heavy (non-hydrogen) atoms. The topological polar surface area (TPSA) is 35.5 Å². The minimum absolute atomic E-state index is 0.187. The van der Waals surface area contributed by atoms with E-state index in [1.165, 1.54) is 6.07 Å². The van der Waals surface area contributed by atoms with Gasteiger partial charge < -0.3 is 9.47 Å². The van der Waals surface area contributed by atoms with Crippen molar-refractivity contribution in [2.45, 2.75) is 0 Å². The van der Waals surface area contributed by atoms with Crippen LogP contribution in [0.5, 0.6) is 11.5 Å². The summed E-state index contributed by atoms with van der Waals surface area (Å²) in [6, 6.07) is 11.4. The van der Waals surface area contributed by atoms with Crippen LogP contribution >= 0.6 is 34.8 Å². The van der Waals surface area contributed by atoms with Crippen LogP contribution < -0.4 is 9.47 Å². The number of rotatable bonds is 4. The van der Waals surface area contributed by atoms with Crippen molar-refractivity contribution < 1.29 is 14.3 Å². The Kier molecular flexibility index (Phi) is 5.12. The van der Waals surface area contributed by atoms with Crippen LogP contribution in [0.15, 0.2) is 42.5 Å². The first-order chi connectivity index (χ1) is 9.56. The Hall–Kier alpha value is -1.42. The minimum Gasteiger partial charge on any atom is -0.480 e. The standard InChI is InChI=1S/C14H9Cl3O3/c15-9-5-6-11(17)13(7-9)20-14(18)8-19-12-4-2-1-3-10(12)16/h1-7H,8H2. The number of para-hydroxylation sites is 1. The van der Waals surface area contributed by atoms with E-state index in [2.05, 4.69) is 0 Å². The van der Waals surface area contributed by atoms with Crippen molar-refractivity contribution in [1.29, 1.82) is 0 Å². The zero-order chi connectivity index (χ0) is 14.5. The molecule has 0 amide bonds. The fourth-order valence-corrected chi connectivity index (χ4v) is 1.91. The first-order valence-electron chi connectivity index (χ1n) is 5.59. The highest BCUT2D eigenvalue weighted by Crippen LogP contribution is 2.28. The van der Waals surface area contributed by atoms with E-state index in [1.807, 2.05) is 0 Å². The molecule has 0 spiro atoms. The summed E-state index contributed by atoms with van der Waals surface area (Å²) in [4.78, 5) is 11.7. The second-order valence-electron chi connectivity index (χ2n) is 3.77. The fourth-order valence-electron chi connectivity index (χ4n) is 1.41. The maximum atomic E-state index is 11.7. The molecule has 0 aromatic heterocycles. The third kappa shape index (κ3) is 4.04.